The molecule has 27 nitrogen and oxygen atoms in total. The van der Waals surface area contributed by atoms with E-state index in [-0.39, 0.29) is 0 Å². The van der Waals surface area contributed by atoms with Crippen molar-refractivity contribution in [2.75, 3.05) is 33.0 Å². The van der Waals surface area contributed by atoms with Crippen LogP contribution < -0.4 is 5.32 Å². The maximum atomic E-state index is 12.5. The van der Waals surface area contributed by atoms with Crippen molar-refractivity contribution in [3.63, 3.8) is 0 Å². The van der Waals surface area contributed by atoms with Gasteiger partial charge in [-0.15, -0.1) is 0 Å². The van der Waals surface area contributed by atoms with Crippen LogP contribution in [0, 0.1) is 0 Å². The molecule has 344 valence electrons. The molecule has 5 rings (SSSR count). The van der Waals surface area contributed by atoms with Gasteiger partial charge in [0.1, 0.15) is 122 Å². The van der Waals surface area contributed by atoms with Gasteiger partial charge in [0, 0.05) is 6.92 Å². The second-order valence-corrected chi connectivity index (χ2v) is 14.7. The fourth-order valence-electron chi connectivity index (χ4n) is 7.46. The van der Waals surface area contributed by atoms with Crippen LogP contribution in [0.3, 0.4) is 0 Å². The normalized spacial score (nSPS) is 48.2. The Bertz CT molecular complexity index is 1330. The summed E-state index contributed by atoms with van der Waals surface area (Å²) < 4.78 is 50.9. The summed E-state index contributed by atoms with van der Waals surface area (Å²) in [5, 5.41) is 168. The standard InChI is InChI=1S/C32H55NO26/c1-7(39)33-13-24(56-30-18(47)16(45)21(53-30)8(40)2-34)14(43)12(6-38)52-29(13)58-26-20(49)23(10(42)4-36)55-32(26)59-27-25(15(44)11(5-37)51-28(27)50)57-31-19(48)17(46)22(54-31)9(41)3-35/h8-32,34-38,40-50H,2-6H2,1H3,(H,33,39)/t8-,9-,10-,11-,12-,13-,14-,15+,16-,17-,18-,19-,20+,21+,22+,23+,24-,25+,26-,27-,28?,29-,30-,31+,32-/m1/s1. The first-order valence-corrected chi connectivity index (χ1v) is 18.6. The summed E-state index contributed by atoms with van der Waals surface area (Å²) in [6, 6.07) is -1.68. The van der Waals surface area contributed by atoms with Crippen molar-refractivity contribution < 1.29 is 129 Å². The second kappa shape index (κ2) is 20.8. The van der Waals surface area contributed by atoms with Gasteiger partial charge < -0.3 is 130 Å². The summed E-state index contributed by atoms with van der Waals surface area (Å²) in [6.07, 6.45) is -44.2. The molecule has 1 amide bonds. The Balaban J connectivity index is 1.45. The highest BCUT2D eigenvalue weighted by atomic mass is 16.8. The Morgan fingerprint density at radius 3 is 1.37 bits per heavy atom. The number of hydrogen-bond donors (Lipinski definition) is 17. The maximum absolute atomic E-state index is 12.5. The van der Waals surface area contributed by atoms with Crippen molar-refractivity contribution in [2.24, 2.45) is 0 Å². The van der Waals surface area contributed by atoms with Gasteiger partial charge in [-0.1, -0.05) is 0 Å². The number of carbonyl (C=O) groups excluding carboxylic acids is 1. The highest BCUT2D eigenvalue weighted by molar-refractivity contribution is 5.73. The third-order valence-electron chi connectivity index (χ3n) is 10.6. The van der Waals surface area contributed by atoms with Crippen molar-refractivity contribution in [1.82, 2.24) is 5.32 Å². The Kier molecular flexibility index (Phi) is 17.1. The Labute approximate surface area is 333 Å². The molecule has 1 unspecified atom stereocenters. The first kappa shape index (κ1) is 48.5. The van der Waals surface area contributed by atoms with Gasteiger partial charge >= 0.3 is 0 Å². The van der Waals surface area contributed by atoms with Crippen molar-refractivity contribution >= 4 is 5.91 Å². The predicted molar refractivity (Wildman–Crippen MR) is 178 cm³/mol. The van der Waals surface area contributed by atoms with E-state index >= 15 is 0 Å². The van der Waals surface area contributed by atoms with Crippen LogP contribution in [0.1, 0.15) is 6.92 Å². The topological polar surface area (TPSA) is 436 Å². The van der Waals surface area contributed by atoms with E-state index in [1.807, 2.05) is 0 Å². The van der Waals surface area contributed by atoms with E-state index < -0.39 is 192 Å². The van der Waals surface area contributed by atoms with Gasteiger partial charge in [0.25, 0.3) is 0 Å². The zero-order chi connectivity index (χ0) is 43.6. The van der Waals surface area contributed by atoms with Crippen LogP contribution in [0.4, 0.5) is 0 Å². The lowest BCUT2D eigenvalue weighted by atomic mass is 9.96. The minimum atomic E-state index is -2.16. The Hall–Kier alpha value is -1.53. The van der Waals surface area contributed by atoms with E-state index in [9.17, 15) is 86.5 Å². The summed E-state index contributed by atoms with van der Waals surface area (Å²) >= 11 is 0. The van der Waals surface area contributed by atoms with Crippen molar-refractivity contribution in [1.29, 1.82) is 0 Å². The first-order chi connectivity index (χ1) is 27.9. The SMILES string of the molecule is CC(=O)N[C@H]1[C@@H](O[C@H]2[C@@H](O[C@H]3C(O)O[C@H](CO)[C@H](O)[C@@H]3O[C@@H]3O[C@@H]([C@H](O)CO)[C@H](O)[C@H]3O)O[C@@H]([C@H](O)CO)[C@@H]2O)O[C@H](CO)[C@@H](O)[C@@H]1O[C@H]1O[C@@H]([C@H](O)CO)[C@H](O)[C@H]1O. The molecule has 5 aliphatic rings. The van der Waals surface area contributed by atoms with Crippen molar-refractivity contribution in [3.05, 3.63) is 0 Å². The predicted octanol–water partition coefficient (Wildman–Crippen LogP) is -11.8. The molecule has 0 spiro atoms. The molecular weight excluding hydrogens is 814 g/mol. The molecule has 25 atom stereocenters. The summed E-state index contributed by atoms with van der Waals surface area (Å²) in [5.74, 6) is -0.813. The number of aliphatic hydroxyl groups excluding tert-OH is 16. The zero-order valence-electron chi connectivity index (χ0n) is 31.2. The van der Waals surface area contributed by atoms with Gasteiger partial charge in [0.2, 0.25) is 5.91 Å². The molecular formula is C32H55NO26. The molecule has 27 heteroatoms. The number of nitrogens with one attached hydrogen (secondary N) is 1. The van der Waals surface area contributed by atoms with Gasteiger partial charge in [-0.2, -0.15) is 0 Å². The summed E-state index contributed by atoms with van der Waals surface area (Å²) in [6.45, 7) is -3.67. The van der Waals surface area contributed by atoms with E-state index in [1.165, 1.54) is 0 Å². The third-order valence-corrected chi connectivity index (χ3v) is 10.6. The van der Waals surface area contributed by atoms with Crippen LogP contribution in [0.15, 0.2) is 0 Å². The van der Waals surface area contributed by atoms with Crippen LogP contribution in [0.5, 0.6) is 0 Å². The molecule has 0 aromatic rings. The number of aliphatic hydroxyl groups is 16. The number of rotatable bonds is 17. The van der Waals surface area contributed by atoms with E-state index in [4.69, 9.17) is 42.6 Å². The molecule has 0 aromatic heterocycles. The molecule has 0 radical (unpaired) electrons. The summed E-state index contributed by atoms with van der Waals surface area (Å²) in [7, 11) is 0. The fraction of sp³-hybridized carbons (Fsp3) is 0.969. The van der Waals surface area contributed by atoms with Gasteiger partial charge in [0.05, 0.1) is 33.0 Å². The molecule has 5 fully saturated rings. The van der Waals surface area contributed by atoms with Gasteiger partial charge in [-0.25, -0.2) is 0 Å². The van der Waals surface area contributed by atoms with Crippen LogP contribution in [0.2, 0.25) is 0 Å². The summed E-state index contributed by atoms with van der Waals surface area (Å²) in [5.41, 5.74) is 0. The fourth-order valence-corrected chi connectivity index (χ4v) is 7.46. The molecule has 0 bridgehead atoms. The highest BCUT2D eigenvalue weighted by Gasteiger charge is 2.58. The molecule has 0 aromatic carbocycles. The Morgan fingerprint density at radius 1 is 0.492 bits per heavy atom. The number of amides is 1. The zero-order valence-corrected chi connectivity index (χ0v) is 31.2. The van der Waals surface area contributed by atoms with Crippen LogP contribution >= 0.6 is 0 Å². The average molecular weight is 870 g/mol. The lowest BCUT2D eigenvalue weighted by molar-refractivity contribution is -0.362. The quantitative estimate of drug-likeness (QED) is 0.0645. The lowest BCUT2D eigenvalue weighted by Crippen LogP contribution is -2.67. The van der Waals surface area contributed by atoms with Crippen molar-refractivity contribution in [3.8, 4) is 0 Å². The smallest absolute Gasteiger partial charge is 0.217 e. The highest BCUT2D eigenvalue weighted by Crippen LogP contribution is 2.38. The van der Waals surface area contributed by atoms with Crippen molar-refractivity contribution in [2.45, 2.75) is 160 Å². The minimum absolute atomic E-state index is 0.813. The average Bonchev–Trinajstić information content (AvgIpc) is 3.79. The largest absolute Gasteiger partial charge is 0.394 e. The van der Waals surface area contributed by atoms with E-state index in [1.54, 1.807) is 0 Å². The minimum Gasteiger partial charge on any atom is -0.394 e. The number of hydrogen-bond acceptors (Lipinski definition) is 26. The lowest BCUT2D eigenvalue weighted by Gasteiger charge is -2.46. The molecule has 5 heterocycles. The first-order valence-electron chi connectivity index (χ1n) is 18.6. The van der Waals surface area contributed by atoms with Gasteiger partial charge in [-0.3, -0.25) is 4.79 Å². The van der Waals surface area contributed by atoms with E-state index in [0.29, 0.717) is 0 Å². The molecule has 0 aliphatic carbocycles. The molecule has 17 N–H and O–H groups in total. The van der Waals surface area contributed by atoms with Crippen LogP contribution in [-0.4, -0.2) is 274 Å². The molecule has 0 saturated carbocycles. The second-order valence-electron chi connectivity index (χ2n) is 14.7. The number of carbonyl (C=O) groups is 1. The monoisotopic (exact) mass is 869 g/mol. The molecule has 59 heavy (non-hydrogen) atoms. The Morgan fingerprint density at radius 2 is 0.898 bits per heavy atom. The molecule has 5 saturated heterocycles. The third kappa shape index (κ3) is 10.2. The van der Waals surface area contributed by atoms with Gasteiger partial charge in [-0.05, 0) is 0 Å². The van der Waals surface area contributed by atoms with Crippen LogP contribution in [-0.2, 0) is 47.4 Å². The van der Waals surface area contributed by atoms with E-state index in [2.05, 4.69) is 5.32 Å². The van der Waals surface area contributed by atoms with E-state index in [0.717, 1.165) is 6.92 Å². The number of ether oxygens (including phenoxy) is 9. The van der Waals surface area contributed by atoms with Gasteiger partial charge in [0.15, 0.2) is 31.5 Å². The molecule has 5 aliphatic heterocycles. The summed E-state index contributed by atoms with van der Waals surface area (Å²) in [4.78, 5) is 12.5. The van der Waals surface area contributed by atoms with Crippen LogP contribution in [0.25, 0.3) is 0 Å². The maximum Gasteiger partial charge on any atom is 0.217 e.